The van der Waals surface area contributed by atoms with Gasteiger partial charge in [0.25, 0.3) is 0 Å². The Morgan fingerprint density at radius 3 is 2.65 bits per heavy atom. The van der Waals surface area contributed by atoms with Crippen LogP contribution in [-0.4, -0.2) is 29.3 Å². The molecule has 0 saturated carbocycles. The van der Waals surface area contributed by atoms with Crippen molar-refractivity contribution in [3.8, 4) is 0 Å². The molecule has 0 amide bonds. The monoisotopic (exact) mass is 289 g/mol. The second-order valence-corrected chi connectivity index (χ2v) is 4.76. The summed E-state index contributed by atoms with van der Waals surface area (Å²) in [5, 5.41) is 3.15. The lowest BCUT2D eigenvalue weighted by atomic mass is 9.96. The van der Waals surface area contributed by atoms with Gasteiger partial charge in [-0.1, -0.05) is 0 Å². The predicted octanol–water partition coefficient (Wildman–Crippen LogP) is 2.87. The van der Waals surface area contributed by atoms with Gasteiger partial charge in [-0.05, 0) is 32.6 Å². The molecule has 0 aliphatic heterocycles. The normalized spacial score (nSPS) is 15.0. The number of aryl methyl sites for hydroxylation is 1. The molecule has 1 heterocycles. The van der Waals surface area contributed by atoms with E-state index in [1.807, 2.05) is 6.92 Å². The average molecular weight is 289 g/mol. The van der Waals surface area contributed by atoms with Crippen molar-refractivity contribution in [2.45, 2.75) is 45.4 Å². The summed E-state index contributed by atoms with van der Waals surface area (Å²) >= 11 is 0. The van der Waals surface area contributed by atoms with Crippen LogP contribution in [0.1, 0.15) is 36.8 Å². The van der Waals surface area contributed by atoms with Crippen LogP contribution in [0.25, 0.3) is 0 Å². The summed E-state index contributed by atoms with van der Waals surface area (Å²) in [5.41, 5.74) is 2.03. The van der Waals surface area contributed by atoms with Gasteiger partial charge < -0.3 is 10.1 Å². The van der Waals surface area contributed by atoms with Gasteiger partial charge in [0.15, 0.2) is 5.82 Å². The Morgan fingerprint density at radius 1 is 1.20 bits per heavy atom. The van der Waals surface area contributed by atoms with Gasteiger partial charge in [0.1, 0.15) is 19.0 Å². The second kappa shape index (κ2) is 6.39. The molecule has 2 rings (SSSR count). The van der Waals surface area contributed by atoms with Crippen LogP contribution in [0, 0.1) is 0 Å². The Kier molecular flexibility index (Phi) is 4.80. The Bertz CT molecular complexity index is 463. The van der Waals surface area contributed by atoms with Gasteiger partial charge in [-0.15, -0.1) is 0 Å². The highest BCUT2D eigenvalue weighted by Crippen LogP contribution is 2.25. The largest absolute Gasteiger partial charge is 0.411 e. The van der Waals surface area contributed by atoms with E-state index in [1.165, 1.54) is 0 Å². The molecule has 0 fully saturated rings. The zero-order valence-corrected chi connectivity index (χ0v) is 11.4. The number of hydrogen-bond donors (Lipinski definition) is 1. The molecular weight excluding hydrogens is 271 g/mol. The van der Waals surface area contributed by atoms with Crippen molar-refractivity contribution in [1.82, 2.24) is 9.97 Å². The molecule has 0 spiro atoms. The Hall–Kier alpha value is -1.37. The topological polar surface area (TPSA) is 47.0 Å². The fourth-order valence-electron chi connectivity index (χ4n) is 2.28. The fourth-order valence-corrected chi connectivity index (χ4v) is 2.28. The quantitative estimate of drug-likeness (QED) is 0.905. The van der Waals surface area contributed by atoms with E-state index in [0.717, 1.165) is 42.8 Å². The van der Waals surface area contributed by atoms with Crippen LogP contribution in [0.15, 0.2) is 0 Å². The van der Waals surface area contributed by atoms with Gasteiger partial charge in [0.2, 0.25) is 0 Å². The average Bonchev–Trinajstić information content (AvgIpc) is 2.37. The summed E-state index contributed by atoms with van der Waals surface area (Å²) in [6.45, 7) is 1.18. The molecule has 112 valence electrons. The highest BCUT2D eigenvalue weighted by molar-refractivity contribution is 5.47. The third kappa shape index (κ3) is 4.06. The van der Waals surface area contributed by atoms with Crippen molar-refractivity contribution in [3.63, 3.8) is 0 Å². The smallest absolute Gasteiger partial charge is 0.370 e. The Morgan fingerprint density at radius 2 is 1.95 bits per heavy atom. The van der Waals surface area contributed by atoms with Crippen LogP contribution < -0.4 is 5.32 Å². The van der Waals surface area contributed by atoms with E-state index in [9.17, 15) is 13.2 Å². The number of halogens is 3. The van der Waals surface area contributed by atoms with Crippen molar-refractivity contribution in [3.05, 3.63) is 17.1 Å². The molecule has 0 atom stereocenters. The predicted molar refractivity (Wildman–Crippen MR) is 68.5 cm³/mol. The number of nitrogens with one attached hydrogen (secondary N) is 1. The minimum Gasteiger partial charge on any atom is -0.370 e. The van der Waals surface area contributed by atoms with Crippen LogP contribution in [0.3, 0.4) is 0 Å². The first-order valence-electron chi connectivity index (χ1n) is 6.76. The Balaban J connectivity index is 2.11. The third-order valence-electron chi connectivity index (χ3n) is 3.07. The van der Waals surface area contributed by atoms with Gasteiger partial charge in [0.05, 0.1) is 0 Å². The lowest BCUT2D eigenvalue weighted by Crippen LogP contribution is -2.19. The van der Waals surface area contributed by atoms with Crippen LogP contribution in [-0.2, 0) is 24.2 Å². The van der Waals surface area contributed by atoms with E-state index in [0.29, 0.717) is 12.4 Å². The molecule has 1 aromatic rings. The number of rotatable bonds is 5. The molecule has 1 N–H and O–H groups in total. The summed E-state index contributed by atoms with van der Waals surface area (Å²) in [4.78, 5) is 8.61. The van der Waals surface area contributed by atoms with E-state index >= 15 is 0 Å². The van der Waals surface area contributed by atoms with Crippen LogP contribution in [0.5, 0.6) is 0 Å². The lowest BCUT2D eigenvalue weighted by Gasteiger charge is -2.19. The van der Waals surface area contributed by atoms with E-state index in [-0.39, 0.29) is 6.61 Å². The number of aromatic nitrogens is 2. The molecule has 4 nitrogen and oxygen atoms in total. The van der Waals surface area contributed by atoms with Gasteiger partial charge in [-0.2, -0.15) is 13.2 Å². The highest BCUT2D eigenvalue weighted by atomic mass is 19.4. The van der Waals surface area contributed by atoms with Crippen molar-refractivity contribution < 1.29 is 17.9 Å². The number of hydrogen-bond acceptors (Lipinski definition) is 4. The summed E-state index contributed by atoms with van der Waals surface area (Å²) in [5.74, 6) is 1.05. The molecule has 7 heteroatoms. The summed E-state index contributed by atoms with van der Waals surface area (Å²) in [7, 11) is 0. The highest BCUT2D eigenvalue weighted by Gasteiger charge is 2.27. The fraction of sp³-hybridized carbons (Fsp3) is 0.692. The Labute approximate surface area is 115 Å². The number of fused-ring (bicyclic) bond motifs is 1. The molecular formula is C13H18F3N3O. The molecule has 0 saturated heterocycles. The van der Waals surface area contributed by atoms with E-state index in [1.54, 1.807) is 0 Å². The number of nitrogens with zero attached hydrogens (tertiary/aromatic N) is 2. The minimum absolute atomic E-state index is 0.217. The zero-order valence-electron chi connectivity index (χ0n) is 11.4. The maximum absolute atomic E-state index is 12.1. The SMILES string of the molecule is CCNc1nc(COCC(F)(F)F)nc2c1CCCC2. The minimum atomic E-state index is -4.32. The number of anilines is 1. The molecule has 0 bridgehead atoms. The summed E-state index contributed by atoms with van der Waals surface area (Å²) < 4.78 is 40.8. The maximum atomic E-state index is 12.1. The molecule has 0 radical (unpaired) electrons. The van der Waals surface area contributed by atoms with Crippen LogP contribution >= 0.6 is 0 Å². The van der Waals surface area contributed by atoms with Crippen molar-refractivity contribution >= 4 is 5.82 Å². The third-order valence-corrected chi connectivity index (χ3v) is 3.07. The van der Waals surface area contributed by atoms with Crippen LogP contribution in [0.4, 0.5) is 19.0 Å². The molecule has 1 aliphatic rings. The first-order valence-corrected chi connectivity index (χ1v) is 6.76. The molecule has 1 aromatic heterocycles. The number of ether oxygens (including phenoxy) is 1. The lowest BCUT2D eigenvalue weighted by molar-refractivity contribution is -0.177. The van der Waals surface area contributed by atoms with Gasteiger partial charge in [0, 0.05) is 17.8 Å². The molecule has 1 aliphatic carbocycles. The van der Waals surface area contributed by atoms with Gasteiger partial charge >= 0.3 is 6.18 Å². The van der Waals surface area contributed by atoms with E-state index in [2.05, 4.69) is 20.0 Å². The number of alkyl halides is 3. The molecule has 0 aromatic carbocycles. The summed E-state index contributed by atoms with van der Waals surface area (Å²) in [6, 6.07) is 0. The first-order chi connectivity index (χ1) is 9.49. The molecule has 20 heavy (non-hydrogen) atoms. The van der Waals surface area contributed by atoms with Gasteiger partial charge in [-0.3, -0.25) is 0 Å². The van der Waals surface area contributed by atoms with Crippen molar-refractivity contribution in [1.29, 1.82) is 0 Å². The zero-order chi connectivity index (χ0) is 14.6. The standard InChI is InChI=1S/C13H18F3N3O/c1-2-17-12-9-5-3-4-6-10(9)18-11(19-12)7-20-8-13(14,15)16/h2-8H2,1H3,(H,17,18,19). The van der Waals surface area contributed by atoms with E-state index in [4.69, 9.17) is 0 Å². The summed E-state index contributed by atoms with van der Waals surface area (Å²) in [6.07, 6.45) is -0.403. The van der Waals surface area contributed by atoms with E-state index < -0.39 is 12.8 Å². The second-order valence-electron chi connectivity index (χ2n) is 4.76. The molecule has 0 unspecified atom stereocenters. The van der Waals surface area contributed by atoms with Crippen LogP contribution in [0.2, 0.25) is 0 Å². The van der Waals surface area contributed by atoms with Crippen molar-refractivity contribution in [2.75, 3.05) is 18.5 Å². The van der Waals surface area contributed by atoms with Crippen molar-refractivity contribution in [2.24, 2.45) is 0 Å². The maximum Gasteiger partial charge on any atom is 0.411 e. The van der Waals surface area contributed by atoms with Gasteiger partial charge in [-0.25, -0.2) is 9.97 Å². The first kappa shape index (κ1) is 15.0.